The monoisotopic (exact) mass is 373 g/mol. The second-order valence-electron chi connectivity index (χ2n) is 5.54. The van der Waals surface area contributed by atoms with Crippen LogP contribution in [-0.2, 0) is 19.9 Å². The standard InChI is InChI=1S/C11H20BrNO4S2/c1-9-2-5-13(8-11(9)12)19(16,17)10-3-6-18(14,15)7-4-10/h9-11H,2-8H2,1H3. The summed E-state index contributed by atoms with van der Waals surface area (Å²) >= 11 is 3.53. The highest BCUT2D eigenvalue weighted by Crippen LogP contribution is 2.29. The van der Waals surface area contributed by atoms with Crippen molar-refractivity contribution < 1.29 is 16.8 Å². The third-order valence-electron chi connectivity index (χ3n) is 4.11. The van der Waals surface area contributed by atoms with Crippen LogP contribution in [0.2, 0.25) is 0 Å². The smallest absolute Gasteiger partial charge is 0.217 e. The molecular weight excluding hydrogens is 354 g/mol. The van der Waals surface area contributed by atoms with Crippen LogP contribution in [0, 0.1) is 5.92 Å². The van der Waals surface area contributed by atoms with Gasteiger partial charge < -0.3 is 0 Å². The summed E-state index contributed by atoms with van der Waals surface area (Å²) in [5.41, 5.74) is 0. The first-order chi connectivity index (χ1) is 8.72. The average Bonchev–Trinajstić information content (AvgIpc) is 2.32. The molecule has 0 spiro atoms. The van der Waals surface area contributed by atoms with E-state index in [0.717, 1.165) is 6.42 Å². The average molecular weight is 374 g/mol. The number of hydrogen-bond acceptors (Lipinski definition) is 4. The molecule has 2 fully saturated rings. The van der Waals surface area contributed by atoms with Crippen LogP contribution in [0.5, 0.6) is 0 Å². The highest BCUT2D eigenvalue weighted by Gasteiger charge is 2.39. The Balaban J connectivity index is 2.07. The number of sulfone groups is 1. The molecule has 0 aromatic rings. The molecule has 2 unspecified atom stereocenters. The van der Waals surface area contributed by atoms with Crippen molar-refractivity contribution in [2.45, 2.75) is 36.3 Å². The lowest BCUT2D eigenvalue weighted by Gasteiger charge is -2.36. The van der Waals surface area contributed by atoms with Gasteiger partial charge in [-0.2, -0.15) is 0 Å². The quantitative estimate of drug-likeness (QED) is 0.676. The number of halogens is 1. The highest BCUT2D eigenvalue weighted by molar-refractivity contribution is 9.09. The summed E-state index contributed by atoms with van der Waals surface area (Å²) in [6, 6.07) is 0. The van der Waals surface area contributed by atoms with Crippen LogP contribution in [0.4, 0.5) is 0 Å². The molecule has 0 radical (unpaired) electrons. The van der Waals surface area contributed by atoms with E-state index in [1.54, 1.807) is 0 Å². The van der Waals surface area contributed by atoms with Crippen molar-refractivity contribution >= 4 is 35.8 Å². The normalized spacial score (nSPS) is 34.2. The topological polar surface area (TPSA) is 71.5 Å². The molecule has 19 heavy (non-hydrogen) atoms. The van der Waals surface area contributed by atoms with Gasteiger partial charge in [0.1, 0.15) is 9.84 Å². The zero-order valence-electron chi connectivity index (χ0n) is 11.0. The fraction of sp³-hybridized carbons (Fsp3) is 1.00. The molecule has 0 amide bonds. The van der Waals surface area contributed by atoms with Gasteiger partial charge in [-0.15, -0.1) is 0 Å². The van der Waals surface area contributed by atoms with Gasteiger partial charge in [0.05, 0.1) is 16.8 Å². The Bertz CT molecular complexity index is 517. The Hall–Kier alpha value is 0.340. The van der Waals surface area contributed by atoms with E-state index in [-0.39, 0.29) is 29.2 Å². The fourth-order valence-corrected chi connectivity index (χ4v) is 7.18. The maximum Gasteiger partial charge on any atom is 0.217 e. The number of sulfonamides is 1. The van der Waals surface area contributed by atoms with E-state index in [1.807, 2.05) is 0 Å². The first-order valence-corrected chi connectivity index (χ1v) is 10.8. The molecule has 0 aromatic heterocycles. The summed E-state index contributed by atoms with van der Waals surface area (Å²) in [6.45, 7) is 3.15. The van der Waals surface area contributed by atoms with Crippen molar-refractivity contribution in [1.82, 2.24) is 4.31 Å². The zero-order chi connectivity index (χ0) is 14.3. The minimum Gasteiger partial charge on any atom is -0.229 e. The maximum atomic E-state index is 12.5. The summed E-state index contributed by atoms with van der Waals surface area (Å²) in [4.78, 5) is 0.184. The van der Waals surface area contributed by atoms with Crippen LogP contribution in [-0.4, -0.2) is 55.8 Å². The van der Waals surface area contributed by atoms with Gasteiger partial charge in [-0.1, -0.05) is 22.9 Å². The van der Waals surface area contributed by atoms with Gasteiger partial charge in [0.25, 0.3) is 0 Å². The van der Waals surface area contributed by atoms with Gasteiger partial charge in [-0.3, -0.25) is 0 Å². The van der Waals surface area contributed by atoms with Crippen LogP contribution >= 0.6 is 15.9 Å². The van der Waals surface area contributed by atoms with Gasteiger partial charge in [-0.25, -0.2) is 21.1 Å². The van der Waals surface area contributed by atoms with E-state index < -0.39 is 25.1 Å². The number of hydrogen-bond donors (Lipinski definition) is 0. The van der Waals surface area contributed by atoms with Crippen molar-refractivity contribution in [3.8, 4) is 0 Å². The minimum atomic E-state index is -3.35. The van der Waals surface area contributed by atoms with E-state index >= 15 is 0 Å². The van der Waals surface area contributed by atoms with E-state index in [0.29, 0.717) is 19.0 Å². The van der Waals surface area contributed by atoms with E-state index in [2.05, 4.69) is 22.9 Å². The summed E-state index contributed by atoms with van der Waals surface area (Å²) in [6.07, 6.45) is 1.33. The number of piperidine rings is 1. The predicted molar refractivity (Wildman–Crippen MR) is 78.7 cm³/mol. The lowest BCUT2D eigenvalue weighted by atomic mass is 10.0. The largest absolute Gasteiger partial charge is 0.229 e. The molecule has 2 rings (SSSR count). The summed E-state index contributed by atoms with van der Waals surface area (Å²) in [5, 5.41) is -0.524. The van der Waals surface area contributed by atoms with Gasteiger partial charge in [0, 0.05) is 17.9 Å². The molecular formula is C11H20BrNO4S2. The molecule has 5 nitrogen and oxygen atoms in total. The summed E-state index contributed by atoms with van der Waals surface area (Å²) in [5.74, 6) is 0.468. The summed E-state index contributed by atoms with van der Waals surface area (Å²) < 4.78 is 49.3. The van der Waals surface area contributed by atoms with Crippen LogP contribution in [0.25, 0.3) is 0 Å². The molecule has 0 saturated carbocycles. The Kier molecular flexibility index (Phi) is 4.65. The second kappa shape index (κ2) is 5.61. The third kappa shape index (κ3) is 3.51. The Morgan fingerprint density at radius 1 is 1.16 bits per heavy atom. The van der Waals surface area contributed by atoms with Crippen LogP contribution in [0.15, 0.2) is 0 Å². The van der Waals surface area contributed by atoms with E-state index in [1.165, 1.54) is 4.31 Å². The first-order valence-electron chi connectivity index (χ1n) is 6.56. The van der Waals surface area contributed by atoms with E-state index in [9.17, 15) is 16.8 Å². The molecule has 2 heterocycles. The molecule has 112 valence electrons. The van der Waals surface area contributed by atoms with Crippen LogP contribution in [0.1, 0.15) is 26.2 Å². The zero-order valence-corrected chi connectivity index (χ0v) is 14.2. The van der Waals surface area contributed by atoms with Gasteiger partial charge in [0.2, 0.25) is 10.0 Å². The number of alkyl halides is 1. The molecule has 2 atom stereocenters. The fourth-order valence-electron chi connectivity index (χ4n) is 2.60. The van der Waals surface area contributed by atoms with Crippen molar-refractivity contribution in [1.29, 1.82) is 0 Å². The number of nitrogens with zero attached hydrogens (tertiary/aromatic N) is 1. The van der Waals surface area contributed by atoms with Crippen LogP contribution in [0.3, 0.4) is 0 Å². The van der Waals surface area contributed by atoms with Crippen LogP contribution < -0.4 is 0 Å². The second-order valence-corrected chi connectivity index (χ2v) is 11.2. The molecule has 0 bridgehead atoms. The lowest BCUT2D eigenvalue weighted by molar-refractivity contribution is 0.296. The predicted octanol–water partition coefficient (Wildman–Crippen LogP) is 0.999. The Labute approximate surface area is 123 Å². The molecule has 0 aliphatic carbocycles. The highest BCUT2D eigenvalue weighted by atomic mass is 79.9. The Morgan fingerprint density at radius 3 is 2.26 bits per heavy atom. The molecule has 8 heteroatoms. The van der Waals surface area contributed by atoms with E-state index in [4.69, 9.17) is 0 Å². The lowest BCUT2D eigenvalue weighted by Crippen LogP contribution is -2.48. The minimum absolute atomic E-state index is 0.00111. The molecule has 0 N–H and O–H groups in total. The van der Waals surface area contributed by atoms with Crippen molar-refractivity contribution in [2.24, 2.45) is 5.92 Å². The first kappa shape index (κ1) is 15.7. The molecule has 2 aliphatic rings. The molecule has 2 aliphatic heterocycles. The van der Waals surface area contributed by atoms with Gasteiger partial charge in [0.15, 0.2) is 0 Å². The van der Waals surface area contributed by atoms with Gasteiger partial charge in [-0.05, 0) is 25.2 Å². The van der Waals surface area contributed by atoms with Crippen molar-refractivity contribution in [2.75, 3.05) is 24.6 Å². The maximum absolute atomic E-state index is 12.5. The Morgan fingerprint density at radius 2 is 1.74 bits per heavy atom. The molecule has 0 aromatic carbocycles. The van der Waals surface area contributed by atoms with Crippen molar-refractivity contribution in [3.63, 3.8) is 0 Å². The SMILES string of the molecule is CC1CCN(S(=O)(=O)C2CCS(=O)(=O)CC2)CC1Br. The molecule has 2 saturated heterocycles. The van der Waals surface area contributed by atoms with Gasteiger partial charge >= 0.3 is 0 Å². The summed E-state index contributed by atoms with van der Waals surface area (Å²) in [7, 11) is -6.37. The van der Waals surface area contributed by atoms with Crippen molar-refractivity contribution in [3.05, 3.63) is 0 Å². The number of rotatable bonds is 2. The third-order valence-corrected chi connectivity index (χ3v) is 9.38.